The molecular formula is C23H18N2O4. The quantitative estimate of drug-likeness (QED) is 0.240. The zero-order chi connectivity index (χ0) is 20.6. The Hall–Kier alpha value is -4.11. The van der Waals surface area contributed by atoms with Gasteiger partial charge in [0.05, 0.1) is 23.7 Å². The minimum atomic E-state index is -0.440. The van der Waals surface area contributed by atoms with Crippen LogP contribution in [0.4, 0.5) is 5.69 Å². The lowest BCUT2D eigenvalue weighted by atomic mass is 10.0. The van der Waals surface area contributed by atoms with Crippen molar-refractivity contribution in [2.24, 2.45) is 0 Å². The monoisotopic (exact) mass is 386 g/mol. The van der Waals surface area contributed by atoms with Crippen LogP contribution in [0.25, 0.3) is 11.6 Å². The topological polar surface area (TPSA) is 85.4 Å². The van der Waals surface area contributed by atoms with E-state index in [1.165, 1.54) is 12.1 Å². The first-order chi connectivity index (χ1) is 14.1. The molecule has 0 spiro atoms. The van der Waals surface area contributed by atoms with Crippen molar-refractivity contribution in [2.75, 3.05) is 7.11 Å². The molecule has 0 amide bonds. The van der Waals surface area contributed by atoms with Gasteiger partial charge in [-0.05, 0) is 47.0 Å². The summed E-state index contributed by atoms with van der Waals surface area (Å²) >= 11 is 0. The van der Waals surface area contributed by atoms with Gasteiger partial charge in [0.15, 0.2) is 11.5 Å². The van der Waals surface area contributed by atoms with Gasteiger partial charge in [0.1, 0.15) is 6.61 Å². The molecule has 3 aromatic rings. The summed E-state index contributed by atoms with van der Waals surface area (Å²) in [4.78, 5) is 10.3. The van der Waals surface area contributed by atoms with Gasteiger partial charge in [-0.25, -0.2) is 0 Å². The fourth-order valence-electron chi connectivity index (χ4n) is 2.73. The van der Waals surface area contributed by atoms with Gasteiger partial charge in [-0.3, -0.25) is 10.1 Å². The van der Waals surface area contributed by atoms with Crippen LogP contribution in [-0.4, -0.2) is 12.0 Å². The highest BCUT2D eigenvalue weighted by molar-refractivity contribution is 5.89. The Kier molecular flexibility index (Phi) is 6.23. The van der Waals surface area contributed by atoms with E-state index < -0.39 is 4.92 Å². The second-order valence-corrected chi connectivity index (χ2v) is 6.16. The molecule has 0 N–H and O–H groups in total. The number of methoxy groups -OCH3 is 1. The van der Waals surface area contributed by atoms with Crippen LogP contribution in [-0.2, 0) is 6.61 Å². The Morgan fingerprint density at radius 3 is 2.41 bits per heavy atom. The molecule has 3 rings (SSSR count). The summed E-state index contributed by atoms with van der Waals surface area (Å²) in [7, 11) is 1.55. The zero-order valence-corrected chi connectivity index (χ0v) is 15.7. The summed E-state index contributed by atoms with van der Waals surface area (Å²) in [5.74, 6) is 1.08. The lowest BCUT2D eigenvalue weighted by molar-refractivity contribution is -0.384. The van der Waals surface area contributed by atoms with Crippen molar-refractivity contribution in [1.29, 1.82) is 5.26 Å². The first kappa shape index (κ1) is 19.6. The van der Waals surface area contributed by atoms with E-state index in [9.17, 15) is 15.4 Å². The molecule has 0 fully saturated rings. The zero-order valence-electron chi connectivity index (χ0n) is 15.7. The molecule has 0 saturated heterocycles. The summed E-state index contributed by atoms with van der Waals surface area (Å²) in [5, 5.41) is 20.2. The number of nitrogens with zero attached hydrogens (tertiary/aromatic N) is 2. The van der Waals surface area contributed by atoms with Crippen LogP contribution in [0, 0.1) is 21.4 Å². The summed E-state index contributed by atoms with van der Waals surface area (Å²) in [6.45, 7) is 0.247. The predicted molar refractivity (Wildman–Crippen MR) is 110 cm³/mol. The van der Waals surface area contributed by atoms with Crippen LogP contribution < -0.4 is 9.47 Å². The van der Waals surface area contributed by atoms with Crippen molar-refractivity contribution >= 4 is 17.3 Å². The standard InChI is InChI=1S/C23H18N2O4/c1-28-23-14-18(13-20(15-24)19-5-3-2-4-6-19)9-12-22(23)29-16-17-7-10-21(11-8-17)25(26)27/h2-14H,16H2,1H3/b20-13-. The SMILES string of the molecule is COc1cc(/C=C(/C#N)c2ccccc2)ccc1OCc1ccc([N+](=O)[O-])cc1. The maximum absolute atomic E-state index is 10.7. The molecule has 0 bridgehead atoms. The number of benzene rings is 3. The number of nitro benzene ring substituents is 1. The van der Waals surface area contributed by atoms with Crippen molar-refractivity contribution in [3.63, 3.8) is 0 Å². The molecular weight excluding hydrogens is 368 g/mol. The van der Waals surface area contributed by atoms with Crippen LogP contribution in [0.2, 0.25) is 0 Å². The average molecular weight is 386 g/mol. The predicted octanol–water partition coefficient (Wildman–Crippen LogP) is 5.25. The molecule has 0 aromatic heterocycles. The minimum Gasteiger partial charge on any atom is -0.493 e. The molecule has 6 heteroatoms. The van der Waals surface area contributed by atoms with Gasteiger partial charge in [-0.1, -0.05) is 36.4 Å². The molecule has 6 nitrogen and oxygen atoms in total. The van der Waals surface area contributed by atoms with Gasteiger partial charge in [-0.15, -0.1) is 0 Å². The van der Waals surface area contributed by atoms with Crippen molar-refractivity contribution in [3.8, 4) is 17.6 Å². The number of nitriles is 1. The van der Waals surface area contributed by atoms with Gasteiger partial charge in [0.2, 0.25) is 0 Å². The van der Waals surface area contributed by atoms with E-state index in [1.54, 1.807) is 37.5 Å². The van der Waals surface area contributed by atoms with E-state index >= 15 is 0 Å². The van der Waals surface area contributed by atoms with Gasteiger partial charge in [-0.2, -0.15) is 5.26 Å². The highest BCUT2D eigenvalue weighted by Gasteiger charge is 2.08. The van der Waals surface area contributed by atoms with Crippen molar-refractivity contribution in [3.05, 3.63) is 99.6 Å². The van der Waals surface area contributed by atoms with E-state index in [-0.39, 0.29) is 12.3 Å². The number of ether oxygens (including phenoxy) is 2. The molecule has 0 aliphatic carbocycles. The average Bonchev–Trinajstić information content (AvgIpc) is 2.77. The molecule has 3 aromatic carbocycles. The summed E-state index contributed by atoms with van der Waals surface area (Å²) in [6.07, 6.45) is 1.79. The first-order valence-electron chi connectivity index (χ1n) is 8.82. The first-order valence-corrected chi connectivity index (χ1v) is 8.82. The third kappa shape index (κ3) is 4.99. The summed E-state index contributed by atoms with van der Waals surface area (Å²) in [6, 6.07) is 23.3. The van der Waals surface area contributed by atoms with E-state index in [4.69, 9.17) is 9.47 Å². The lowest BCUT2D eigenvalue weighted by Gasteiger charge is -2.11. The van der Waals surface area contributed by atoms with Gasteiger partial charge in [0.25, 0.3) is 5.69 Å². The number of non-ortho nitro benzene ring substituents is 1. The second-order valence-electron chi connectivity index (χ2n) is 6.16. The summed E-state index contributed by atoms with van der Waals surface area (Å²) < 4.78 is 11.2. The Morgan fingerprint density at radius 1 is 1.07 bits per heavy atom. The second kappa shape index (κ2) is 9.20. The third-order valence-electron chi connectivity index (χ3n) is 4.25. The highest BCUT2D eigenvalue weighted by Crippen LogP contribution is 2.30. The maximum atomic E-state index is 10.7. The van der Waals surface area contributed by atoms with E-state index in [1.807, 2.05) is 36.4 Å². The molecule has 29 heavy (non-hydrogen) atoms. The number of nitro groups is 1. The van der Waals surface area contributed by atoms with Crippen molar-refractivity contribution in [2.45, 2.75) is 6.61 Å². The normalized spacial score (nSPS) is 10.8. The molecule has 0 aliphatic heterocycles. The third-order valence-corrected chi connectivity index (χ3v) is 4.25. The van der Waals surface area contributed by atoms with E-state index in [0.29, 0.717) is 17.1 Å². The van der Waals surface area contributed by atoms with Crippen LogP contribution >= 0.6 is 0 Å². The van der Waals surface area contributed by atoms with Crippen LogP contribution in [0.3, 0.4) is 0 Å². The van der Waals surface area contributed by atoms with Crippen molar-refractivity contribution in [1.82, 2.24) is 0 Å². The van der Waals surface area contributed by atoms with Gasteiger partial charge >= 0.3 is 0 Å². The van der Waals surface area contributed by atoms with Crippen molar-refractivity contribution < 1.29 is 14.4 Å². The molecule has 0 radical (unpaired) electrons. The Morgan fingerprint density at radius 2 is 1.79 bits per heavy atom. The van der Waals surface area contributed by atoms with Crippen LogP contribution in [0.15, 0.2) is 72.8 Å². The minimum absolute atomic E-state index is 0.0363. The van der Waals surface area contributed by atoms with Gasteiger partial charge in [0, 0.05) is 12.1 Å². The Balaban J connectivity index is 1.77. The van der Waals surface area contributed by atoms with E-state index in [2.05, 4.69) is 6.07 Å². The fourth-order valence-corrected chi connectivity index (χ4v) is 2.73. The number of hydrogen-bond acceptors (Lipinski definition) is 5. The number of allylic oxidation sites excluding steroid dienone is 1. The molecule has 0 unspecified atom stereocenters. The number of rotatable bonds is 7. The van der Waals surface area contributed by atoms with E-state index in [0.717, 1.165) is 16.7 Å². The molecule has 0 aliphatic rings. The maximum Gasteiger partial charge on any atom is 0.269 e. The van der Waals surface area contributed by atoms with Crippen LogP contribution in [0.5, 0.6) is 11.5 Å². The Labute approximate surface area is 168 Å². The molecule has 144 valence electrons. The summed E-state index contributed by atoms with van der Waals surface area (Å²) in [5.41, 5.74) is 3.04. The highest BCUT2D eigenvalue weighted by atomic mass is 16.6. The molecule has 0 saturated carbocycles. The molecule has 0 heterocycles. The number of hydrogen-bond donors (Lipinski definition) is 0. The van der Waals surface area contributed by atoms with Gasteiger partial charge < -0.3 is 9.47 Å². The Bertz CT molecular complexity index is 1070. The van der Waals surface area contributed by atoms with Crippen LogP contribution in [0.1, 0.15) is 16.7 Å². The fraction of sp³-hybridized carbons (Fsp3) is 0.0870. The smallest absolute Gasteiger partial charge is 0.269 e. The molecule has 0 atom stereocenters. The lowest BCUT2D eigenvalue weighted by Crippen LogP contribution is -1.98. The largest absolute Gasteiger partial charge is 0.493 e.